The maximum absolute atomic E-state index is 10.5. The van der Waals surface area contributed by atoms with E-state index in [1.165, 1.54) is 0 Å². The first-order valence-corrected chi connectivity index (χ1v) is 11.1. The average Bonchev–Trinajstić information content (AvgIpc) is 2.40. The van der Waals surface area contributed by atoms with Crippen molar-refractivity contribution in [1.82, 2.24) is 0 Å². The van der Waals surface area contributed by atoms with Crippen LogP contribution in [-0.4, -0.2) is 25.6 Å². The van der Waals surface area contributed by atoms with Crippen molar-refractivity contribution in [3.8, 4) is 12.3 Å². The van der Waals surface area contributed by atoms with Crippen LogP contribution in [0, 0.1) is 30.1 Å². The first kappa shape index (κ1) is 20.7. The molecule has 0 rings (SSSR count). The molecule has 0 heterocycles. The molecule has 0 aliphatic rings. The molecule has 0 fully saturated rings. The summed E-state index contributed by atoms with van der Waals surface area (Å²) in [5.41, 5.74) is 0. The van der Waals surface area contributed by atoms with Crippen LogP contribution in [0.2, 0.25) is 18.1 Å². The Bertz CT molecular complexity index is 351. The van der Waals surface area contributed by atoms with Crippen molar-refractivity contribution in [3.05, 3.63) is 0 Å². The Balaban J connectivity index is 5.29. The van der Waals surface area contributed by atoms with Crippen LogP contribution in [0.4, 0.5) is 0 Å². The van der Waals surface area contributed by atoms with E-state index in [0.29, 0.717) is 5.92 Å². The van der Waals surface area contributed by atoms with E-state index >= 15 is 0 Å². The molecule has 0 aromatic carbocycles. The number of hydrogen-bond acceptors (Lipinski definition) is 2. The zero-order chi connectivity index (χ0) is 17.0. The predicted octanol–water partition coefficient (Wildman–Crippen LogP) is 4.69. The molecule has 0 bridgehead atoms. The lowest BCUT2D eigenvalue weighted by atomic mass is 9.84. The Kier molecular flexibility index (Phi) is 7.69. The molecule has 0 unspecified atom stereocenters. The van der Waals surface area contributed by atoms with Crippen LogP contribution < -0.4 is 0 Å². The summed E-state index contributed by atoms with van der Waals surface area (Å²) in [5, 5.41) is 10.7. The van der Waals surface area contributed by atoms with E-state index in [2.05, 4.69) is 60.6 Å². The SMILES string of the molecule is C#C[C@@H](C)[C@H](O)[C@@H](C)[C@@H](O[Si](C)(C)C(C)(C)C)[C@@H](C)CC. The van der Waals surface area contributed by atoms with Crippen LogP contribution in [0.15, 0.2) is 0 Å². The average molecular weight is 313 g/mol. The number of aliphatic hydroxyl groups excluding tert-OH is 1. The minimum absolute atomic E-state index is 0.0418. The van der Waals surface area contributed by atoms with Crippen LogP contribution in [0.1, 0.15) is 54.9 Å². The summed E-state index contributed by atoms with van der Waals surface area (Å²) < 4.78 is 6.64. The van der Waals surface area contributed by atoms with Gasteiger partial charge in [-0.3, -0.25) is 0 Å². The molecule has 2 nitrogen and oxygen atoms in total. The first-order chi connectivity index (χ1) is 9.39. The molecule has 21 heavy (non-hydrogen) atoms. The Labute approximate surface area is 133 Å². The van der Waals surface area contributed by atoms with Gasteiger partial charge in [0.1, 0.15) is 0 Å². The van der Waals surface area contributed by atoms with E-state index in [9.17, 15) is 5.11 Å². The van der Waals surface area contributed by atoms with Gasteiger partial charge in [0.15, 0.2) is 8.32 Å². The number of rotatable bonds is 7. The molecule has 0 amide bonds. The van der Waals surface area contributed by atoms with E-state index in [1.54, 1.807) is 0 Å². The van der Waals surface area contributed by atoms with Gasteiger partial charge in [0.2, 0.25) is 0 Å². The lowest BCUT2D eigenvalue weighted by molar-refractivity contribution is -0.0125. The fourth-order valence-corrected chi connectivity index (χ4v) is 3.72. The van der Waals surface area contributed by atoms with Crippen LogP contribution in [0.5, 0.6) is 0 Å². The van der Waals surface area contributed by atoms with Gasteiger partial charge in [-0.25, -0.2) is 0 Å². The van der Waals surface area contributed by atoms with Crippen molar-refractivity contribution >= 4 is 8.32 Å². The molecule has 0 spiro atoms. The highest BCUT2D eigenvalue weighted by Gasteiger charge is 2.42. The quantitative estimate of drug-likeness (QED) is 0.546. The highest BCUT2D eigenvalue weighted by molar-refractivity contribution is 6.74. The summed E-state index contributed by atoms with van der Waals surface area (Å²) in [4.78, 5) is 0. The first-order valence-electron chi connectivity index (χ1n) is 8.21. The van der Waals surface area contributed by atoms with Gasteiger partial charge in [0.05, 0.1) is 12.2 Å². The Morgan fingerprint density at radius 2 is 1.67 bits per heavy atom. The smallest absolute Gasteiger partial charge is 0.192 e. The van der Waals surface area contributed by atoms with E-state index < -0.39 is 14.4 Å². The monoisotopic (exact) mass is 312 g/mol. The molecule has 124 valence electrons. The van der Waals surface area contributed by atoms with Crippen LogP contribution >= 0.6 is 0 Å². The van der Waals surface area contributed by atoms with Gasteiger partial charge in [0.25, 0.3) is 0 Å². The molecule has 0 radical (unpaired) electrons. The van der Waals surface area contributed by atoms with Crippen molar-refractivity contribution in [3.63, 3.8) is 0 Å². The minimum atomic E-state index is -1.86. The second-order valence-corrected chi connectivity index (χ2v) is 12.8. The van der Waals surface area contributed by atoms with E-state index in [1.807, 2.05) is 6.92 Å². The van der Waals surface area contributed by atoms with Crippen LogP contribution in [-0.2, 0) is 4.43 Å². The molecule has 0 aliphatic heterocycles. The minimum Gasteiger partial charge on any atom is -0.413 e. The van der Waals surface area contributed by atoms with Gasteiger partial charge in [-0.1, -0.05) is 48.0 Å². The molecule has 0 saturated heterocycles. The van der Waals surface area contributed by atoms with Crippen molar-refractivity contribution in [1.29, 1.82) is 0 Å². The van der Waals surface area contributed by atoms with Gasteiger partial charge < -0.3 is 9.53 Å². The maximum atomic E-state index is 10.5. The van der Waals surface area contributed by atoms with Gasteiger partial charge in [-0.05, 0) is 31.0 Å². The summed E-state index contributed by atoms with van der Waals surface area (Å²) in [6.45, 7) is 19.6. The summed E-state index contributed by atoms with van der Waals surface area (Å²) >= 11 is 0. The molecule has 1 N–H and O–H groups in total. The molecular weight excluding hydrogens is 276 g/mol. The second-order valence-electron chi connectivity index (χ2n) is 8.03. The fourth-order valence-electron chi connectivity index (χ4n) is 2.24. The molecule has 3 heteroatoms. The largest absolute Gasteiger partial charge is 0.413 e. The summed E-state index contributed by atoms with van der Waals surface area (Å²) in [6, 6.07) is 0. The van der Waals surface area contributed by atoms with E-state index in [-0.39, 0.29) is 23.0 Å². The summed E-state index contributed by atoms with van der Waals surface area (Å²) in [7, 11) is -1.86. The topological polar surface area (TPSA) is 29.5 Å². The highest BCUT2D eigenvalue weighted by atomic mass is 28.4. The van der Waals surface area contributed by atoms with E-state index in [0.717, 1.165) is 6.42 Å². The molecular formula is C18H36O2Si. The van der Waals surface area contributed by atoms with Crippen molar-refractivity contribution in [2.45, 2.75) is 85.2 Å². The molecule has 0 aromatic rings. The summed E-state index contributed by atoms with van der Waals surface area (Å²) in [5.74, 6) is 2.97. The van der Waals surface area contributed by atoms with Gasteiger partial charge in [-0.2, -0.15) is 0 Å². The van der Waals surface area contributed by atoms with Crippen LogP contribution in [0.3, 0.4) is 0 Å². The van der Waals surface area contributed by atoms with Crippen molar-refractivity contribution < 1.29 is 9.53 Å². The third-order valence-electron chi connectivity index (χ3n) is 5.27. The lowest BCUT2D eigenvalue weighted by Gasteiger charge is -2.44. The lowest BCUT2D eigenvalue weighted by Crippen LogP contribution is -2.49. The third kappa shape index (κ3) is 5.43. The zero-order valence-electron chi connectivity index (χ0n) is 15.5. The fraction of sp³-hybridized carbons (Fsp3) is 0.889. The Hall–Kier alpha value is -0.303. The zero-order valence-corrected chi connectivity index (χ0v) is 16.5. The van der Waals surface area contributed by atoms with Crippen molar-refractivity contribution in [2.75, 3.05) is 0 Å². The normalized spacial score (nSPS) is 20.2. The Morgan fingerprint density at radius 3 is 2.00 bits per heavy atom. The predicted molar refractivity (Wildman–Crippen MR) is 94.7 cm³/mol. The van der Waals surface area contributed by atoms with E-state index in [4.69, 9.17) is 10.8 Å². The molecule has 0 aromatic heterocycles. The van der Waals surface area contributed by atoms with Gasteiger partial charge >= 0.3 is 0 Å². The van der Waals surface area contributed by atoms with Gasteiger partial charge in [-0.15, -0.1) is 12.3 Å². The number of aliphatic hydroxyl groups is 1. The van der Waals surface area contributed by atoms with Crippen molar-refractivity contribution in [2.24, 2.45) is 17.8 Å². The Morgan fingerprint density at radius 1 is 1.19 bits per heavy atom. The molecule has 0 saturated carbocycles. The highest BCUT2D eigenvalue weighted by Crippen LogP contribution is 2.40. The maximum Gasteiger partial charge on any atom is 0.192 e. The molecule has 5 atom stereocenters. The molecule has 0 aliphatic carbocycles. The number of hydrogen-bond donors (Lipinski definition) is 1. The standard InChI is InChI=1S/C18H36O2Si/c1-11-13(3)16(19)15(5)17(14(4)12-2)20-21(9,10)18(6,7)8/h1,13-17,19H,12H2,2-10H3/t13-,14+,15-,16+,17+/m1/s1. The van der Waals surface area contributed by atoms with Crippen LogP contribution in [0.25, 0.3) is 0 Å². The summed E-state index contributed by atoms with van der Waals surface area (Å²) in [6.07, 6.45) is 6.06. The second kappa shape index (κ2) is 7.81. The van der Waals surface area contributed by atoms with Gasteiger partial charge in [0, 0.05) is 11.8 Å². The third-order valence-corrected chi connectivity index (χ3v) is 9.75. The number of terminal acetylenes is 1.